The summed E-state index contributed by atoms with van der Waals surface area (Å²) in [6.45, 7) is 6.72. The average Bonchev–Trinajstić information content (AvgIpc) is 2.45. The summed E-state index contributed by atoms with van der Waals surface area (Å²) in [5.41, 5.74) is 1.49. The van der Waals surface area contributed by atoms with Gasteiger partial charge in [-0.3, -0.25) is 9.59 Å². The van der Waals surface area contributed by atoms with Crippen LogP contribution in [0.2, 0.25) is 0 Å². The number of benzene rings is 1. The molecule has 0 radical (unpaired) electrons. The van der Waals surface area contributed by atoms with Gasteiger partial charge in [-0.05, 0) is 32.4 Å². The minimum atomic E-state index is -0.425. The van der Waals surface area contributed by atoms with E-state index in [-0.39, 0.29) is 18.0 Å². The molecular weight excluding hydrogens is 284 g/mol. The average molecular weight is 304 g/mol. The Kier molecular flexibility index (Phi) is 4.66. The van der Waals surface area contributed by atoms with E-state index >= 15 is 0 Å². The number of carbonyl (C=O) groups is 1. The van der Waals surface area contributed by atoms with Crippen molar-refractivity contribution >= 4 is 16.9 Å². The van der Waals surface area contributed by atoms with Gasteiger partial charge in [0.1, 0.15) is 17.1 Å². The van der Waals surface area contributed by atoms with Gasteiger partial charge in [-0.1, -0.05) is 6.92 Å². The Morgan fingerprint density at radius 3 is 2.59 bits per heavy atom. The van der Waals surface area contributed by atoms with Crippen molar-refractivity contribution in [2.24, 2.45) is 0 Å². The molecule has 2 rings (SSSR count). The summed E-state index contributed by atoms with van der Waals surface area (Å²) >= 11 is 0. The number of carbonyl (C=O) groups excluding carboxylic acids is 1. The molecular formula is C17H20O5. The molecule has 5 heteroatoms. The summed E-state index contributed by atoms with van der Waals surface area (Å²) in [6.07, 6.45) is 0.512. The van der Waals surface area contributed by atoms with Crippen LogP contribution in [0.15, 0.2) is 21.3 Å². The van der Waals surface area contributed by atoms with E-state index in [1.807, 2.05) is 6.92 Å². The maximum Gasteiger partial charge on any atom is 0.308 e. The third kappa shape index (κ3) is 2.90. The van der Waals surface area contributed by atoms with Gasteiger partial charge in [0.25, 0.3) is 0 Å². The maximum atomic E-state index is 12.5. The van der Waals surface area contributed by atoms with Crippen LogP contribution in [0.3, 0.4) is 0 Å². The molecule has 0 bridgehead atoms. The van der Waals surface area contributed by atoms with E-state index in [1.165, 1.54) is 6.92 Å². The summed E-state index contributed by atoms with van der Waals surface area (Å²) in [7, 11) is 0. The van der Waals surface area contributed by atoms with Gasteiger partial charge < -0.3 is 14.3 Å². The first-order chi connectivity index (χ1) is 10.4. The van der Waals surface area contributed by atoms with Crippen molar-refractivity contribution < 1.29 is 19.1 Å². The molecule has 0 aliphatic carbocycles. The highest BCUT2D eigenvalue weighted by Gasteiger charge is 2.19. The van der Waals surface area contributed by atoms with Crippen LogP contribution >= 0.6 is 0 Å². The maximum absolute atomic E-state index is 12.5. The van der Waals surface area contributed by atoms with Gasteiger partial charge in [0.2, 0.25) is 0 Å². The number of ether oxygens (including phenoxy) is 1. The second kappa shape index (κ2) is 6.32. The molecule has 0 spiro atoms. The molecule has 0 fully saturated rings. The standard InChI is InChI=1S/C17H20O5/c1-9(7-8-18)16-11(3)15(20)13-5-6-14(21-12(4)19)10(2)17(13)22-16/h5-6,9,18H,7-8H2,1-4H3/t9-/m0/s1. The number of aryl methyl sites for hydroxylation is 1. The van der Waals surface area contributed by atoms with Crippen molar-refractivity contribution in [3.05, 3.63) is 39.2 Å². The molecule has 0 amide bonds. The number of rotatable bonds is 4. The van der Waals surface area contributed by atoms with Crippen LogP contribution in [0.25, 0.3) is 11.0 Å². The number of fused-ring (bicyclic) bond motifs is 1. The molecule has 0 saturated heterocycles. The van der Waals surface area contributed by atoms with Gasteiger partial charge in [-0.15, -0.1) is 0 Å². The second-order valence-electron chi connectivity index (χ2n) is 5.49. The van der Waals surface area contributed by atoms with Crippen LogP contribution in [-0.2, 0) is 4.79 Å². The lowest BCUT2D eigenvalue weighted by Gasteiger charge is -2.15. The number of hydrogen-bond donors (Lipinski definition) is 1. The highest BCUT2D eigenvalue weighted by atomic mass is 16.5. The summed E-state index contributed by atoms with van der Waals surface area (Å²) in [5, 5.41) is 9.56. The Morgan fingerprint density at radius 2 is 2.00 bits per heavy atom. The number of esters is 1. The van der Waals surface area contributed by atoms with E-state index in [9.17, 15) is 9.59 Å². The smallest absolute Gasteiger partial charge is 0.308 e. The Morgan fingerprint density at radius 1 is 1.32 bits per heavy atom. The Balaban J connectivity index is 2.71. The SMILES string of the molecule is CC(=O)Oc1ccc2c(=O)c(C)c([C@@H](C)CCO)oc2c1C. The lowest BCUT2D eigenvalue weighted by molar-refractivity contribution is -0.131. The van der Waals surface area contributed by atoms with E-state index < -0.39 is 5.97 Å². The van der Waals surface area contributed by atoms with Gasteiger partial charge in [-0.25, -0.2) is 0 Å². The Bertz CT molecular complexity index is 773. The number of aliphatic hydroxyl groups is 1. The predicted molar refractivity (Wildman–Crippen MR) is 83.4 cm³/mol. The summed E-state index contributed by atoms with van der Waals surface area (Å²) < 4.78 is 11.1. The van der Waals surface area contributed by atoms with Crippen molar-refractivity contribution in [3.8, 4) is 5.75 Å². The van der Waals surface area contributed by atoms with Crippen molar-refractivity contribution in [3.63, 3.8) is 0 Å². The fourth-order valence-electron chi connectivity index (χ4n) is 2.54. The first-order valence-electron chi connectivity index (χ1n) is 7.23. The lowest BCUT2D eigenvalue weighted by Crippen LogP contribution is -2.13. The topological polar surface area (TPSA) is 76.7 Å². The molecule has 5 nitrogen and oxygen atoms in total. The molecule has 1 aromatic carbocycles. The molecule has 0 aliphatic heterocycles. The van der Waals surface area contributed by atoms with Crippen LogP contribution in [0.1, 0.15) is 43.1 Å². The largest absolute Gasteiger partial charge is 0.460 e. The molecule has 2 aromatic rings. The molecule has 118 valence electrons. The van der Waals surface area contributed by atoms with Crippen molar-refractivity contribution in [1.29, 1.82) is 0 Å². The lowest BCUT2D eigenvalue weighted by atomic mass is 9.99. The predicted octanol–water partition coefficient (Wildman–Crippen LogP) is 2.82. The normalized spacial score (nSPS) is 12.4. The third-order valence-electron chi connectivity index (χ3n) is 3.79. The van der Waals surface area contributed by atoms with E-state index in [2.05, 4.69) is 0 Å². The van der Waals surface area contributed by atoms with Crippen LogP contribution < -0.4 is 10.2 Å². The summed E-state index contributed by atoms with van der Waals surface area (Å²) in [6, 6.07) is 3.21. The Hall–Kier alpha value is -2.14. The van der Waals surface area contributed by atoms with Crippen LogP contribution in [0.4, 0.5) is 0 Å². The molecule has 0 unspecified atom stereocenters. The van der Waals surface area contributed by atoms with Gasteiger partial charge in [0.15, 0.2) is 5.43 Å². The number of hydrogen-bond acceptors (Lipinski definition) is 5. The van der Waals surface area contributed by atoms with Gasteiger partial charge >= 0.3 is 5.97 Å². The minimum Gasteiger partial charge on any atom is -0.460 e. The molecule has 1 atom stereocenters. The first-order valence-corrected chi connectivity index (χ1v) is 7.23. The fraction of sp³-hybridized carbons (Fsp3) is 0.412. The monoisotopic (exact) mass is 304 g/mol. The van der Waals surface area contributed by atoms with Gasteiger partial charge in [0.05, 0.1) is 5.39 Å². The zero-order chi connectivity index (χ0) is 16.4. The van der Waals surface area contributed by atoms with Crippen molar-refractivity contribution in [1.82, 2.24) is 0 Å². The molecule has 1 heterocycles. The third-order valence-corrected chi connectivity index (χ3v) is 3.79. The van der Waals surface area contributed by atoms with E-state index in [0.717, 1.165) is 0 Å². The summed E-state index contributed by atoms with van der Waals surface area (Å²) in [5.74, 6) is 0.451. The van der Waals surface area contributed by atoms with Crippen LogP contribution in [-0.4, -0.2) is 17.7 Å². The highest BCUT2D eigenvalue weighted by molar-refractivity contribution is 5.84. The molecule has 1 aromatic heterocycles. The first kappa shape index (κ1) is 16.2. The minimum absolute atomic E-state index is 0.0226. The zero-order valence-corrected chi connectivity index (χ0v) is 13.2. The van der Waals surface area contributed by atoms with Gasteiger partial charge in [0, 0.05) is 30.6 Å². The van der Waals surface area contributed by atoms with E-state index in [4.69, 9.17) is 14.3 Å². The van der Waals surface area contributed by atoms with Crippen molar-refractivity contribution in [2.45, 2.75) is 40.0 Å². The molecule has 1 N–H and O–H groups in total. The van der Waals surface area contributed by atoms with E-state index in [0.29, 0.717) is 40.0 Å². The zero-order valence-electron chi connectivity index (χ0n) is 13.2. The quantitative estimate of drug-likeness (QED) is 0.694. The molecule has 22 heavy (non-hydrogen) atoms. The van der Waals surface area contributed by atoms with E-state index in [1.54, 1.807) is 26.0 Å². The Labute approximate surface area is 128 Å². The van der Waals surface area contributed by atoms with Crippen LogP contribution in [0, 0.1) is 13.8 Å². The number of aliphatic hydroxyl groups excluding tert-OH is 1. The van der Waals surface area contributed by atoms with Gasteiger partial charge in [-0.2, -0.15) is 0 Å². The second-order valence-corrected chi connectivity index (χ2v) is 5.49. The summed E-state index contributed by atoms with van der Waals surface area (Å²) in [4.78, 5) is 23.7. The molecule has 0 saturated carbocycles. The molecule has 0 aliphatic rings. The van der Waals surface area contributed by atoms with Crippen molar-refractivity contribution in [2.75, 3.05) is 6.61 Å². The fourth-order valence-corrected chi connectivity index (χ4v) is 2.54. The van der Waals surface area contributed by atoms with Crippen LogP contribution in [0.5, 0.6) is 5.75 Å². The highest BCUT2D eigenvalue weighted by Crippen LogP contribution is 2.30.